The molecule has 0 atom stereocenters. The van der Waals surface area contributed by atoms with Crippen molar-refractivity contribution in [3.63, 3.8) is 0 Å². The highest BCUT2D eigenvalue weighted by Gasteiger charge is 2.06. The number of aryl methyl sites for hydroxylation is 2. The van der Waals surface area contributed by atoms with Crippen LogP contribution in [0.2, 0.25) is 5.15 Å². The maximum atomic E-state index is 5.88. The predicted octanol–water partition coefficient (Wildman–Crippen LogP) is 1.64. The van der Waals surface area contributed by atoms with Crippen LogP contribution in [-0.2, 0) is 0 Å². The third kappa shape index (κ3) is 2.54. The molecule has 0 spiro atoms. The van der Waals surface area contributed by atoms with Gasteiger partial charge in [-0.2, -0.15) is 0 Å². The van der Waals surface area contributed by atoms with Crippen LogP contribution in [0.25, 0.3) is 0 Å². The Balaban J connectivity index is 3.01. The molecule has 1 heterocycles. The molecule has 1 rings (SSSR count). The van der Waals surface area contributed by atoms with E-state index in [0.29, 0.717) is 11.0 Å². The lowest BCUT2D eigenvalue weighted by Gasteiger charge is -2.14. The molecular weight excluding hydrogens is 188 g/mol. The molecule has 1 aromatic rings. The maximum absolute atomic E-state index is 5.88. The third-order valence-corrected chi connectivity index (χ3v) is 1.86. The standard InChI is InChI=1S/C8H13ClN4/c1-5-6(2)11-8(7(9)10-5)12-13(3)4/h1-4H3,(H,11,12). The molecule has 0 radical (unpaired) electrons. The van der Waals surface area contributed by atoms with Crippen LogP contribution in [0.4, 0.5) is 5.82 Å². The molecule has 72 valence electrons. The number of rotatable bonds is 2. The highest BCUT2D eigenvalue weighted by atomic mass is 35.5. The smallest absolute Gasteiger partial charge is 0.178 e. The van der Waals surface area contributed by atoms with Crippen LogP contribution in [0.3, 0.4) is 0 Å². The molecule has 4 nitrogen and oxygen atoms in total. The van der Waals surface area contributed by atoms with Crippen LogP contribution in [0.1, 0.15) is 11.4 Å². The number of aromatic nitrogens is 2. The van der Waals surface area contributed by atoms with Crippen molar-refractivity contribution in [1.29, 1.82) is 0 Å². The summed E-state index contributed by atoms with van der Waals surface area (Å²) in [6, 6.07) is 0. The molecule has 0 unspecified atom stereocenters. The van der Waals surface area contributed by atoms with Crippen molar-refractivity contribution in [1.82, 2.24) is 15.0 Å². The van der Waals surface area contributed by atoms with Crippen LogP contribution in [-0.4, -0.2) is 29.1 Å². The van der Waals surface area contributed by atoms with Gasteiger partial charge in [0.25, 0.3) is 0 Å². The third-order valence-electron chi connectivity index (χ3n) is 1.59. The largest absolute Gasteiger partial charge is 0.301 e. The second-order valence-corrected chi connectivity index (χ2v) is 3.40. The Hall–Kier alpha value is -0.870. The Bertz CT molecular complexity index is 311. The van der Waals surface area contributed by atoms with Gasteiger partial charge in [0.05, 0.1) is 11.4 Å². The number of nitrogens with zero attached hydrogens (tertiary/aromatic N) is 3. The molecule has 0 saturated carbocycles. The SMILES string of the molecule is Cc1nc(Cl)c(NN(C)C)nc1C. The van der Waals surface area contributed by atoms with Gasteiger partial charge in [0.15, 0.2) is 11.0 Å². The molecule has 0 amide bonds. The van der Waals surface area contributed by atoms with Gasteiger partial charge in [-0.3, -0.25) is 0 Å². The van der Waals surface area contributed by atoms with Crippen LogP contribution in [0, 0.1) is 13.8 Å². The minimum atomic E-state index is 0.400. The van der Waals surface area contributed by atoms with Crippen LogP contribution >= 0.6 is 11.6 Å². The van der Waals surface area contributed by atoms with E-state index in [1.54, 1.807) is 5.01 Å². The Labute approximate surface area is 82.9 Å². The lowest BCUT2D eigenvalue weighted by Crippen LogP contribution is -2.21. The first kappa shape index (κ1) is 10.2. The van der Waals surface area contributed by atoms with E-state index in [-0.39, 0.29) is 0 Å². The monoisotopic (exact) mass is 200 g/mol. The van der Waals surface area contributed by atoms with E-state index >= 15 is 0 Å². The highest BCUT2D eigenvalue weighted by molar-refractivity contribution is 6.31. The molecule has 0 fully saturated rings. The molecule has 5 heteroatoms. The summed E-state index contributed by atoms with van der Waals surface area (Å²) in [7, 11) is 3.74. The molecule has 0 saturated heterocycles. The fourth-order valence-corrected chi connectivity index (χ4v) is 1.07. The van der Waals surface area contributed by atoms with Crippen molar-refractivity contribution in [3.05, 3.63) is 16.5 Å². The Morgan fingerprint density at radius 1 is 1.15 bits per heavy atom. The minimum Gasteiger partial charge on any atom is -0.301 e. The summed E-state index contributed by atoms with van der Waals surface area (Å²) in [4.78, 5) is 8.41. The van der Waals surface area contributed by atoms with Crippen LogP contribution in [0.5, 0.6) is 0 Å². The molecule has 0 aliphatic carbocycles. The van der Waals surface area contributed by atoms with Gasteiger partial charge in [0, 0.05) is 14.1 Å². The number of hydrogen-bond donors (Lipinski definition) is 1. The normalized spacial score (nSPS) is 10.6. The van der Waals surface area contributed by atoms with Crippen molar-refractivity contribution < 1.29 is 0 Å². The number of hydrazine groups is 1. The summed E-state index contributed by atoms with van der Waals surface area (Å²) in [5.74, 6) is 0.592. The lowest BCUT2D eigenvalue weighted by molar-refractivity contribution is 0.491. The first-order chi connectivity index (χ1) is 6.00. The highest BCUT2D eigenvalue weighted by Crippen LogP contribution is 2.18. The second-order valence-electron chi connectivity index (χ2n) is 3.04. The zero-order valence-electron chi connectivity index (χ0n) is 8.22. The van der Waals surface area contributed by atoms with E-state index in [4.69, 9.17) is 11.6 Å². The summed E-state index contributed by atoms with van der Waals surface area (Å²) < 4.78 is 0. The van der Waals surface area contributed by atoms with Gasteiger partial charge in [-0.05, 0) is 13.8 Å². The van der Waals surface area contributed by atoms with E-state index in [0.717, 1.165) is 11.4 Å². The average molecular weight is 201 g/mol. The lowest BCUT2D eigenvalue weighted by atomic mass is 10.3. The first-order valence-electron chi connectivity index (χ1n) is 3.95. The van der Waals surface area contributed by atoms with E-state index in [2.05, 4.69) is 15.4 Å². The van der Waals surface area contributed by atoms with Crippen molar-refractivity contribution in [2.75, 3.05) is 19.5 Å². The fourth-order valence-electron chi connectivity index (χ4n) is 0.859. The Morgan fingerprint density at radius 2 is 1.69 bits per heavy atom. The van der Waals surface area contributed by atoms with Crippen LogP contribution < -0.4 is 5.43 Å². The molecule has 0 aromatic carbocycles. The van der Waals surface area contributed by atoms with Gasteiger partial charge in [-0.25, -0.2) is 15.0 Å². The molecule has 0 aliphatic heterocycles. The average Bonchev–Trinajstić information content (AvgIpc) is 1.99. The predicted molar refractivity (Wildman–Crippen MR) is 53.8 cm³/mol. The van der Waals surface area contributed by atoms with Crippen molar-refractivity contribution in [2.45, 2.75) is 13.8 Å². The van der Waals surface area contributed by atoms with Crippen LogP contribution in [0.15, 0.2) is 0 Å². The fraction of sp³-hybridized carbons (Fsp3) is 0.500. The molecular formula is C8H13ClN4. The van der Waals surface area contributed by atoms with E-state index in [9.17, 15) is 0 Å². The molecule has 13 heavy (non-hydrogen) atoms. The number of hydrogen-bond acceptors (Lipinski definition) is 4. The maximum Gasteiger partial charge on any atom is 0.178 e. The van der Waals surface area contributed by atoms with Crippen molar-refractivity contribution in [2.24, 2.45) is 0 Å². The molecule has 0 aliphatic rings. The van der Waals surface area contributed by atoms with Crippen molar-refractivity contribution in [3.8, 4) is 0 Å². The first-order valence-corrected chi connectivity index (χ1v) is 4.33. The summed E-state index contributed by atoms with van der Waals surface area (Å²) in [6.45, 7) is 3.78. The zero-order chi connectivity index (χ0) is 10.0. The summed E-state index contributed by atoms with van der Waals surface area (Å²) >= 11 is 5.88. The summed E-state index contributed by atoms with van der Waals surface area (Å²) in [5.41, 5.74) is 4.71. The zero-order valence-corrected chi connectivity index (χ0v) is 8.98. The number of nitrogens with one attached hydrogen (secondary N) is 1. The summed E-state index contributed by atoms with van der Waals surface area (Å²) in [6.07, 6.45) is 0. The van der Waals surface area contributed by atoms with Gasteiger partial charge in [-0.1, -0.05) is 11.6 Å². The quantitative estimate of drug-likeness (QED) is 0.737. The summed E-state index contributed by atoms with van der Waals surface area (Å²) in [5, 5.41) is 2.17. The number of halogens is 1. The molecule has 0 bridgehead atoms. The van der Waals surface area contributed by atoms with Gasteiger partial charge < -0.3 is 5.43 Å². The molecule has 1 N–H and O–H groups in total. The van der Waals surface area contributed by atoms with Crippen molar-refractivity contribution >= 4 is 17.4 Å². The van der Waals surface area contributed by atoms with Gasteiger partial charge in [0.2, 0.25) is 0 Å². The number of anilines is 1. The Kier molecular flexibility index (Phi) is 3.06. The van der Waals surface area contributed by atoms with Gasteiger partial charge in [-0.15, -0.1) is 0 Å². The van der Waals surface area contributed by atoms with E-state index < -0.39 is 0 Å². The second kappa shape index (κ2) is 3.89. The Morgan fingerprint density at radius 3 is 2.23 bits per heavy atom. The minimum absolute atomic E-state index is 0.400. The van der Waals surface area contributed by atoms with Gasteiger partial charge in [0.1, 0.15) is 0 Å². The van der Waals surface area contributed by atoms with E-state index in [1.165, 1.54) is 0 Å². The van der Waals surface area contributed by atoms with Gasteiger partial charge >= 0.3 is 0 Å². The molecule has 1 aromatic heterocycles. The topological polar surface area (TPSA) is 41.1 Å². The van der Waals surface area contributed by atoms with E-state index in [1.807, 2.05) is 27.9 Å².